The highest BCUT2D eigenvalue weighted by Crippen LogP contribution is 2.18. The molecule has 2 atom stereocenters. The van der Waals surface area contributed by atoms with Gasteiger partial charge in [-0.15, -0.1) is 0 Å². The summed E-state index contributed by atoms with van der Waals surface area (Å²) in [6.45, 7) is 6.19. The minimum atomic E-state index is -0.174. The van der Waals surface area contributed by atoms with E-state index in [1.807, 2.05) is 6.92 Å². The first kappa shape index (κ1) is 11.0. The van der Waals surface area contributed by atoms with Crippen molar-refractivity contribution in [1.29, 1.82) is 0 Å². The Kier molecular flexibility index (Phi) is 4.74. The molecule has 1 rings (SSSR count). The molecular weight excluding hydrogens is 162 g/mol. The van der Waals surface area contributed by atoms with Crippen molar-refractivity contribution in [1.82, 2.24) is 4.90 Å². The molecule has 0 radical (unpaired) electrons. The lowest BCUT2D eigenvalue weighted by Gasteiger charge is -2.29. The molecule has 0 aromatic rings. The van der Waals surface area contributed by atoms with Crippen LogP contribution in [0.1, 0.15) is 46.0 Å². The molecule has 0 saturated carbocycles. The number of hydrogen-bond acceptors (Lipinski definition) is 2. The third-order valence-corrected chi connectivity index (χ3v) is 2.97. The summed E-state index contributed by atoms with van der Waals surface area (Å²) in [6.07, 6.45) is 6.42. The number of rotatable bonds is 3. The van der Waals surface area contributed by atoms with E-state index in [0.717, 1.165) is 12.6 Å². The smallest absolute Gasteiger partial charge is 0.0639 e. The monoisotopic (exact) mass is 185 g/mol. The summed E-state index contributed by atoms with van der Waals surface area (Å²) in [5.41, 5.74) is 0. The van der Waals surface area contributed by atoms with Crippen LogP contribution in [0.2, 0.25) is 0 Å². The van der Waals surface area contributed by atoms with E-state index in [2.05, 4.69) is 11.8 Å². The third kappa shape index (κ3) is 3.65. The summed E-state index contributed by atoms with van der Waals surface area (Å²) in [5, 5.41) is 9.37. The van der Waals surface area contributed by atoms with Crippen molar-refractivity contribution in [3.05, 3.63) is 0 Å². The second-order valence-electron chi connectivity index (χ2n) is 4.26. The first-order chi connectivity index (χ1) is 6.24. The van der Waals surface area contributed by atoms with Crippen molar-refractivity contribution in [3.8, 4) is 0 Å². The van der Waals surface area contributed by atoms with Gasteiger partial charge in [0.05, 0.1) is 6.10 Å². The van der Waals surface area contributed by atoms with Gasteiger partial charge in [0.15, 0.2) is 0 Å². The largest absolute Gasteiger partial charge is 0.392 e. The highest BCUT2D eigenvalue weighted by Gasteiger charge is 2.19. The lowest BCUT2D eigenvalue weighted by atomic mass is 10.1. The standard InChI is InChI=1S/C11H23NO/c1-3-11-7-5-4-6-8-12(11)9-10(2)13/h10-11,13H,3-9H2,1-2H3/t10-,11?/m0/s1. The average molecular weight is 185 g/mol. The van der Waals surface area contributed by atoms with Crippen molar-refractivity contribution < 1.29 is 5.11 Å². The highest BCUT2D eigenvalue weighted by atomic mass is 16.3. The molecule has 78 valence electrons. The van der Waals surface area contributed by atoms with Crippen LogP contribution in [-0.4, -0.2) is 35.2 Å². The molecule has 1 aliphatic heterocycles. The maximum Gasteiger partial charge on any atom is 0.0639 e. The van der Waals surface area contributed by atoms with E-state index in [1.165, 1.54) is 38.6 Å². The Morgan fingerprint density at radius 3 is 2.77 bits per heavy atom. The fraction of sp³-hybridized carbons (Fsp3) is 1.00. The molecule has 1 fully saturated rings. The number of aliphatic hydroxyl groups excluding tert-OH is 1. The maximum atomic E-state index is 9.37. The van der Waals surface area contributed by atoms with Crippen LogP contribution in [0.5, 0.6) is 0 Å². The molecular formula is C11H23NO. The zero-order chi connectivity index (χ0) is 9.68. The molecule has 1 unspecified atom stereocenters. The van der Waals surface area contributed by atoms with Gasteiger partial charge in [-0.25, -0.2) is 0 Å². The van der Waals surface area contributed by atoms with Crippen LogP contribution < -0.4 is 0 Å². The van der Waals surface area contributed by atoms with Crippen LogP contribution in [0.15, 0.2) is 0 Å². The van der Waals surface area contributed by atoms with E-state index in [4.69, 9.17) is 0 Å². The maximum absolute atomic E-state index is 9.37. The van der Waals surface area contributed by atoms with Crippen LogP contribution in [0.3, 0.4) is 0 Å². The van der Waals surface area contributed by atoms with Gasteiger partial charge in [-0.1, -0.05) is 19.8 Å². The molecule has 0 aromatic heterocycles. The number of likely N-dealkylation sites (tertiary alicyclic amines) is 1. The van der Waals surface area contributed by atoms with Crippen molar-refractivity contribution in [2.45, 2.75) is 58.1 Å². The zero-order valence-corrected chi connectivity index (χ0v) is 9.00. The molecule has 1 saturated heterocycles. The minimum Gasteiger partial charge on any atom is -0.392 e. The summed E-state index contributed by atoms with van der Waals surface area (Å²) in [4.78, 5) is 2.47. The lowest BCUT2D eigenvalue weighted by molar-refractivity contribution is 0.0977. The molecule has 0 aliphatic carbocycles. The van der Waals surface area contributed by atoms with Crippen LogP contribution in [0.4, 0.5) is 0 Å². The molecule has 0 aromatic carbocycles. The van der Waals surface area contributed by atoms with Crippen molar-refractivity contribution in [3.63, 3.8) is 0 Å². The lowest BCUT2D eigenvalue weighted by Crippen LogP contribution is -2.39. The number of β-amino-alcohol motifs (C(OH)–C–C–N with tert-alkyl or cyclic N) is 1. The van der Waals surface area contributed by atoms with Crippen molar-refractivity contribution in [2.75, 3.05) is 13.1 Å². The predicted molar refractivity (Wildman–Crippen MR) is 55.8 cm³/mol. The second-order valence-corrected chi connectivity index (χ2v) is 4.26. The molecule has 1 N–H and O–H groups in total. The number of aliphatic hydroxyl groups is 1. The first-order valence-corrected chi connectivity index (χ1v) is 5.66. The van der Waals surface area contributed by atoms with Gasteiger partial charge in [0.1, 0.15) is 0 Å². The summed E-state index contributed by atoms with van der Waals surface area (Å²) in [5.74, 6) is 0. The van der Waals surface area contributed by atoms with Gasteiger partial charge >= 0.3 is 0 Å². The van der Waals surface area contributed by atoms with Crippen LogP contribution in [0, 0.1) is 0 Å². The quantitative estimate of drug-likeness (QED) is 0.727. The Balaban J connectivity index is 2.44. The molecule has 13 heavy (non-hydrogen) atoms. The third-order valence-electron chi connectivity index (χ3n) is 2.97. The predicted octanol–water partition coefficient (Wildman–Crippen LogP) is 2.02. The molecule has 1 aliphatic rings. The Labute approximate surface area is 81.9 Å². The zero-order valence-electron chi connectivity index (χ0n) is 9.00. The molecule has 2 heteroatoms. The number of hydrogen-bond donors (Lipinski definition) is 1. The molecule has 2 nitrogen and oxygen atoms in total. The van der Waals surface area contributed by atoms with Gasteiger partial charge in [-0.05, 0) is 32.7 Å². The number of nitrogens with zero attached hydrogens (tertiary/aromatic N) is 1. The average Bonchev–Trinajstić information content (AvgIpc) is 2.28. The molecule has 1 heterocycles. The van der Waals surface area contributed by atoms with Gasteiger partial charge < -0.3 is 5.11 Å². The van der Waals surface area contributed by atoms with Crippen LogP contribution in [0.25, 0.3) is 0 Å². The van der Waals surface area contributed by atoms with Crippen molar-refractivity contribution >= 4 is 0 Å². The van der Waals surface area contributed by atoms with E-state index in [1.54, 1.807) is 0 Å². The second kappa shape index (κ2) is 5.61. The molecule has 0 spiro atoms. The fourth-order valence-corrected chi connectivity index (χ4v) is 2.28. The SMILES string of the molecule is CCC1CCCCCN1C[C@H](C)O. The van der Waals surface area contributed by atoms with Crippen molar-refractivity contribution in [2.24, 2.45) is 0 Å². The van der Waals surface area contributed by atoms with Gasteiger partial charge in [0.25, 0.3) is 0 Å². The van der Waals surface area contributed by atoms with Crippen LogP contribution in [-0.2, 0) is 0 Å². The molecule has 0 bridgehead atoms. The van der Waals surface area contributed by atoms with E-state index < -0.39 is 0 Å². The van der Waals surface area contributed by atoms with Gasteiger partial charge in [-0.3, -0.25) is 4.90 Å². The minimum absolute atomic E-state index is 0.174. The first-order valence-electron chi connectivity index (χ1n) is 5.66. The summed E-state index contributed by atoms with van der Waals surface area (Å²) in [6, 6.07) is 0.720. The summed E-state index contributed by atoms with van der Waals surface area (Å²) < 4.78 is 0. The summed E-state index contributed by atoms with van der Waals surface area (Å²) >= 11 is 0. The Hall–Kier alpha value is -0.0800. The topological polar surface area (TPSA) is 23.5 Å². The Morgan fingerprint density at radius 2 is 2.15 bits per heavy atom. The van der Waals surface area contributed by atoms with Crippen LogP contribution >= 0.6 is 0 Å². The normalized spacial score (nSPS) is 28.4. The van der Waals surface area contributed by atoms with Gasteiger partial charge in [-0.2, -0.15) is 0 Å². The summed E-state index contributed by atoms with van der Waals surface area (Å²) in [7, 11) is 0. The fourth-order valence-electron chi connectivity index (χ4n) is 2.28. The van der Waals surface area contributed by atoms with Gasteiger partial charge in [0, 0.05) is 12.6 Å². The highest BCUT2D eigenvalue weighted by molar-refractivity contribution is 4.75. The van der Waals surface area contributed by atoms with Gasteiger partial charge in [0.2, 0.25) is 0 Å². The van der Waals surface area contributed by atoms with E-state index in [0.29, 0.717) is 0 Å². The van der Waals surface area contributed by atoms with E-state index >= 15 is 0 Å². The Bertz CT molecular complexity index is 136. The Morgan fingerprint density at radius 1 is 1.38 bits per heavy atom. The van der Waals surface area contributed by atoms with E-state index in [9.17, 15) is 5.11 Å². The molecule has 0 amide bonds. The van der Waals surface area contributed by atoms with E-state index in [-0.39, 0.29) is 6.10 Å².